The number of hydrogen-bond acceptors (Lipinski definition) is 1. The Morgan fingerprint density at radius 3 is 1.91 bits per heavy atom. The van der Waals surface area contributed by atoms with E-state index in [1.54, 1.807) is 0 Å². The van der Waals surface area contributed by atoms with Crippen LogP contribution in [0.5, 0.6) is 0 Å². The summed E-state index contributed by atoms with van der Waals surface area (Å²) in [6.45, 7) is 15.7. The molecular weight excluding hydrogens is 134 g/mol. The summed E-state index contributed by atoms with van der Waals surface area (Å²) in [5.41, 5.74) is 2.83. The van der Waals surface area contributed by atoms with Crippen molar-refractivity contribution in [2.24, 2.45) is 10.9 Å². The van der Waals surface area contributed by atoms with Gasteiger partial charge in [0.1, 0.15) is 0 Å². The van der Waals surface area contributed by atoms with Crippen molar-refractivity contribution in [1.29, 1.82) is 0 Å². The summed E-state index contributed by atoms with van der Waals surface area (Å²) in [5, 5.41) is 0. The molecule has 0 unspecified atom stereocenters. The summed E-state index contributed by atoms with van der Waals surface area (Å²) >= 11 is 0. The second kappa shape index (κ2) is 4.12. The van der Waals surface area contributed by atoms with Crippen molar-refractivity contribution >= 4 is 5.71 Å². The summed E-state index contributed by atoms with van der Waals surface area (Å²) in [5.74, 6) is 0.492. The van der Waals surface area contributed by atoms with E-state index in [1.807, 2.05) is 13.8 Å². The van der Waals surface area contributed by atoms with E-state index in [0.717, 1.165) is 17.0 Å². The third-order valence-corrected chi connectivity index (χ3v) is 1.64. The molecule has 0 aromatic carbocycles. The maximum Gasteiger partial charge on any atom is 0.0580 e. The van der Waals surface area contributed by atoms with E-state index in [4.69, 9.17) is 0 Å². The van der Waals surface area contributed by atoms with Crippen LogP contribution in [0.3, 0.4) is 0 Å². The van der Waals surface area contributed by atoms with Crippen molar-refractivity contribution in [2.45, 2.75) is 27.7 Å². The minimum Gasteiger partial charge on any atom is -0.258 e. The van der Waals surface area contributed by atoms with Gasteiger partial charge in [-0.25, -0.2) is 0 Å². The Kier molecular flexibility index (Phi) is 3.80. The van der Waals surface area contributed by atoms with Crippen LogP contribution in [0, 0.1) is 5.92 Å². The Morgan fingerprint density at radius 2 is 1.64 bits per heavy atom. The smallest absolute Gasteiger partial charge is 0.0580 e. The van der Waals surface area contributed by atoms with Crippen molar-refractivity contribution in [1.82, 2.24) is 0 Å². The SMILES string of the molecule is C=C(C)C(=C)N=C(C)C(C)C. The van der Waals surface area contributed by atoms with E-state index < -0.39 is 0 Å². The number of hydrogen-bond donors (Lipinski definition) is 0. The van der Waals surface area contributed by atoms with E-state index in [9.17, 15) is 0 Å². The van der Waals surface area contributed by atoms with Crippen LogP contribution in [0.2, 0.25) is 0 Å². The van der Waals surface area contributed by atoms with E-state index in [2.05, 4.69) is 32.0 Å². The monoisotopic (exact) mass is 151 g/mol. The first kappa shape index (κ1) is 10.2. The predicted molar refractivity (Wildman–Crippen MR) is 51.9 cm³/mol. The van der Waals surface area contributed by atoms with Gasteiger partial charge in [0.05, 0.1) is 5.70 Å². The van der Waals surface area contributed by atoms with Crippen LogP contribution < -0.4 is 0 Å². The van der Waals surface area contributed by atoms with Crippen LogP contribution in [-0.2, 0) is 0 Å². The molecule has 0 aliphatic heterocycles. The lowest BCUT2D eigenvalue weighted by atomic mass is 10.1. The molecule has 0 amide bonds. The van der Waals surface area contributed by atoms with Crippen LogP contribution >= 0.6 is 0 Å². The topological polar surface area (TPSA) is 12.4 Å². The third kappa shape index (κ3) is 3.76. The van der Waals surface area contributed by atoms with Gasteiger partial charge in [-0.15, -0.1) is 0 Å². The average Bonchev–Trinajstić information content (AvgIpc) is 1.87. The molecule has 1 heteroatoms. The summed E-state index contributed by atoms with van der Waals surface area (Å²) in [6.07, 6.45) is 0. The zero-order valence-corrected chi connectivity index (χ0v) is 7.94. The Balaban J connectivity index is 4.32. The second-order valence-electron chi connectivity index (χ2n) is 3.13. The van der Waals surface area contributed by atoms with Crippen molar-refractivity contribution < 1.29 is 0 Å². The molecule has 0 spiro atoms. The second-order valence-corrected chi connectivity index (χ2v) is 3.13. The van der Waals surface area contributed by atoms with Gasteiger partial charge in [0.15, 0.2) is 0 Å². The van der Waals surface area contributed by atoms with Crippen molar-refractivity contribution in [3.05, 3.63) is 24.4 Å². The lowest BCUT2D eigenvalue weighted by molar-refractivity contribution is 0.876. The molecule has 0 heterocycles. The zero-order chi connectivity index (χ0) is 9.02. The van der Waals surface area contributed by atoms with Crippen LogP contribution in [-0.4, -0.2) is 5.71 Å². The number of rotatable bonds is 3. The first-order valence-corrected chi connectivity index (χ1v) is 3.85. The molecule has 0 bridgehead atoms. The van der Waals surface area contributed by atoms with Gasteiger partial charge < -0.3 is 0 Å². The number of allylic oxidation sites excluding steroid dienone is 1. The van der Waals surface area contributed by atoms with Crippen molar-refractivity contribution in [3.63, 3.8) is 0 Å². The molecule has 0 aliphatic rings. The predicted octanol–water partition coefficient (Wildman–Crippen LogP) is 3.19. The first-order valence-electron chi connectivity index (χ1n) is 3.85. The quantitative estimate of drug-likeness (QED) is 0.434. The molecule has 0 saturated carbocycles. The highest BCUT2D eigenvalue weighted by Gasteiger charge is 1.98. The Labute approximate surface area is 69.5 Å². The van der Waals surface area contributed by atoms with Crippen molar-refractivity contribution in [2.75, 3.05) is 0 Å². The maximum atomic E-state index is 4.30. The van der Waals surface area contributed by atoms with E-state index in [1.165, 1.54) is 0 Å². The summed E-state index contributed by atoms with van der Waals surface area (Å²) in [6, 6.07) is 0. The van der Waals surface area contributed by atoms with Gasteiger partial charge in [-0.2, -0.15) is 0 Å². The molecule has 0 atom stereocenters. The Hall–Kier alpha value is -0.850. The molecule has 0 aromatic rings. The minimum atomic E-state index is 0.492. The molecule has 1 nitrogen and oxygen atoms in total. The highest BCUT2D eigenvalue weighted by Crippen LogP contribution is 2.07. The molecular formula is C10H17N. The normalized spacial score (nSPS) is 11.9. The van der Waals surface area contributed by atoms with Crippen molar-refractivity contribution in [3.8, 4) is 0 Å². The summed E-state index contributed by atoms with van der Waals surface area (Å²) in [7, 11) is 0. The van der Waals surface area contributed by atoms with Crippen LogP contribution in [0.25, 0.3) is 0 Å². The molecule has 0 fully saturated rings. The van der Waals surface area contributed by atoms with Crippen LogP contribution in [0.1, 0.15) is 27.7 Å². The molecule has 0 aromatic heterocycles. The molecule has 0 aliphatic carbocycles. The Bertz CT molecular complexity index is 197. The average molecular weight is 151 g/mol. The van der Waals surface area contributed by atoms with E-state index in [0.29, 0.717) is 5.92 Å². The largest absolute Gasteiger partial charge is 0.258 e. The molecule has 62 valence electrons. The molecule has 0 rings (SSSR count). The maximum absolute atomic E-state index is 4.30. The standard InChI is InChI=1S/C10H17N/c1-7(2)9(5)11-10(6)8(3)4/h8H,1,5H2,2-4,6H3. The van der Waals surface area contributed by atoms with Crippen LogP contribution in [0.4, 0.5) is 0 Å². The third-order valence-electron chi connectivity index (χ3n) is 1.64. The minimum absolute atomic E-state index is 0.492. The van der Waals surface area contributed by atoms with Gasteiger partial charge in [0.2, 0.25) is 0 Å². The van der Waals surface area contributed by atoms with Crippen LogP contribution in [0.15, 0.2) is 29.4 Å². The highest BCUT2D eigenvalue weighted by atomic mass is 14.8. The van der Waals surface area contributed by atoms with E-state index >= 15 is 0 Å². The summed E-state index contributed by atoms with van der Waals surface area (Å²) in [4.78, 5) is 4.30. The molecule has 11 heavy (non-hydrogen) atoms. The van der Waals surface area contributed by atoms with Gasteiger partial charge in [-0.05, 0) is 25.3 Å². The lowest BCUT2D eigenvalue weighted by Crippen LogP contribution is -2.01. The number of aliphatic imine (C=N–C) groups is 1. The fourth-order valence-corrected chi connectivity index (χ4v) is 0.437. The van der Waals surface area contributed by atoms with Gasteiger partial charge in [0, 0.05) is 5.71 Å². The van der Waals surface area contributed by atoms with E-state index in [-0.39, 0.29) is 0 Å². The fourth-order valence-electron chi connectivity index (χ4n) is 0.437. The fraction of sp³-hybridized carbons (Fsp3) is 0.500. The zero-order valence-electron chi connectivity index (χ0n) is 7.94. The van der Waals surface area contributed by atoms with Gasteiger partial charge in [-0.1, -0.05) is 27.0 Å². The molecule has 0 N–H and O–H groups in total. The highest BCUT2D eigenvalue weighted by molar-refractivity contribution is 5.84. The van der Waals surface area contributed by atoms with Gasteiger partial charge in [0.25, 0.3) is 0 Å². The van der Waals surface area contributed by atoms with Gasteiger partial charge >= 0.3 is 0 Å². The molecule has 0 radical (unpaired) electrons. The Morgan fingerprint density at radius 1 is 1.18 bits per heavy atom. The first-order chi connectivity index (χ1) is 4.95. The van der Waals surface area contributed by atoms with Gasteiger partial charge in [-0.3, -0.25) is 4.99 Å². The molecule has 0 saturated heterocycles. The summed E-state index contributed by atoms with van der Waals surface area (Å²) < 4.78 is 0. The lowest BCUT2D eigenvalue weighted by Gasteiger charge is -2.04. The number of nitrogens with zero attached hydrogens (tertiary/aromatic N) is 1.